The second-order valence-corrected chi connectivity index (χ2v) is 5.83. The van der Waals surface area contributed by atoms with Crippen LogP contribution in [0.4, 0.5) is 0 Å². The molecule has 0 amide bonds. The molecule has 0 aliphatic carbocycles. The summed E-state index contributed by atoms with van der Waals surface area (Å²) >= 11 is 0. The van der Waals surface area contributed by atoms with Gasteiger partial charge in [-0.2, -0.15) is 0 Å². The van der Waals surface area contributed by atoms with E-state index in [2.05, 4.69) is 5.32 Å². The average molecular weight is 217 g/mol. The normalized spacial score (nSPS) is 31.0. The molecule has 2 heterocycles. The molecule has 3 nitrogen and oxygen atoms in total. The maximum Gasteiger partial charge on any atom is 0.0690 e. The number of rotatable bonds is 4. The Labute approximate surface area is 88.0 Å². The van der Waals surface area contributed by atoms with Crippen molar-refractivity contribution in [1.82, 2.24) is 5.32 Å². The fraction of sp³-hybridized carbons (Fsp3) is 1.00. The molecule has 0 aromatic rings. The fourth-order valence-corrected chi connectivity index (χ4v) is 3.52. The molecule has 82 valence electrons. The Hall–Kier alpha value is 0.0700. The van der Waals surface area contributed by atoms with Crippen LogP contribution in [0.2, 0.25) is 0 Å². The van der Waals surface area contributed by atoms with Gasteiger partial charge in [-0.3, -0.25) is 4.21 Å². The first kappa shape index (κ1) is 10.6. The molecule has 2 unspecified atom stereocenters. The van der Waals surface area contributed by atoms with Crippen molar-refractivity contribution in [3.63, 3.8) is 0 Å². The Morgan fingerprint density at radius 3 is 2.71 bits per heavy atom. The van der Waals surface area contributed by atoms with Crippen LogP contribution in [0.15, 0.2) is 0 Å². The molecule has 2 saturated heterocycles. The number of hydrogen-bond acceptors (Lipinski definition) is 3. The zero-order chi connectivity index (χ0) is 9.80. The largest absolute Gasteiger partial charge is 0.377 e. The Morgan fingerprint density at radius 2 is 2.14 bits per heavy atom. The Balaban J connectivity index is 1.64. The van der Waals surface area contributed by atoms with Crippen LogP contribution < -0.4 is 5.32 Å². The molecule has 4 heteroatoms. The van der Waals surface area contributed by atoms with Crippen molar-refractivity contribution in [1.29, 1.82) is 0 Å². The molecule has 2 atom stereocenters. The molecule has 2 aliphatic rings. The van der Waals surface area contributed by atoms with Gasteiger partial charge in [0.1, 0.15) is 0 Å². The van der Waals surface area contributed by atoms with E-state index in [1.807, 2.05) is 0 Å². The molecule has 0 bridgehead atoms. The molecule has 0 saturated carbocycles. The van der Waals surface area contributed by atoms with E-state index >= 15 is 0 Å². The van der Waals surface area contributed by atoms with Gasteiger partial charge < -0.3 is 10.1 Å². The maximum atomic E-state index is 11.7. The van der Waals surface area contributed by atoms with E-state index in [4.69, 9.17) is 4.74 Å². The topological polar surface area (TPSA) is 38.3 Å². The Kier molecular flexibility index (Phi) is 3.96. The van der Waals surface area contributed by atoms with E-state index in [0.29, 0.717) is 5.92 Å². The highest BCUT2D eigenvalue weighted by Gasteiger charge is 2.22. The number of ether oxygens (including phenoxy) is 1. The van der Waals surface area contributed by atoms with E-state index < -0.39 is 10.8 Å². The molecule has 0 aromatic heterocycles. The van der Waals surface area contributed by atoms with Crippen molar-refractivity contribution < 1.29 is 8.95 Å². The van der Waals surface area contributed by atoms with Gasteiger partial charge in [0.05, 0.1) is 6.10 Å². The van der Waals surface area contributed by atoms with Crippen LogP contribution >= 0.6 is 0 Å². The summed E-state index contributed by atoms with van der Waals surface area (Å²) in [7, 11) is -0.661. The van der Waals surface area contributed by atoms with Crippen LogP contribution in [-0.4, -0.2) is 41.5 Å². The molecule has 2 rings (SSSR count). The van der Waals surface area contributed by atoms with Gasteiger partial charge in [-0.15, -0.1) is 0 Å². The molecule has 2 aliphatic heterocycles. The third kappa shape index (κ3) is 3.04. The fourth-order valence-electron chi connectivity index (χ4n) is 1.94. The molecule has 0 aromatic carbocycles. The zero-order valence-electron chi connectivity index (χ0n) is 8.54. The first-order valence-corrected chi connectivity index (χ1v) is 7.00. The highest BCUT2D eigenvalue weighted by molar-refractivity contribution is 7.85. The van der Waals surface area contributed by atoms with Crippen molar-refractivity contribution in [2.45, 2.75) is 25.4 Å². The molecular formula is C10H19NO2S. The summed E-state index contributed by atoms with van der Waals surface area (Å²) in [6, 6.07) is 0. The van der Waals surface area contributed by atoms with Crippen molar-refractivity contribution in [3.05, 3.63) is 0 Å². The van der Waals surface area contributed by atoms with E-state index in [9.17, 15) is 4.21 Å². The van der Waals surface area contributed by atoms with Crippen molar-refractivity contribution >= 4 is 10.8 Å². The minimum Gasteiger partial charge on any atom is -0.377 e. The lowest BCUT2D eigenvalue weighted by Crippen LogP contribution is -2.45. The summed E-state index contributed by atoms with van der Waals surface area (Å²) in [6.45, 7) is 2.97. The third-order valence-electron chi connectivity index (χ3n) is 2.93. The maximum absolute atomic E-state index is 11.7. The van der Waals surface area contributed by atoms with Crippen LogP contribution in [-0.2, 0) is 15.5 Å². The van der Waals surface area contributed by atoms with Crippen LogP contribution in [0.1, 0.15) is 19.3 Å². The second-order valence-electron chi connectivity index (χ2n) is 4.29. The SMILES string of the molecule is O=S(CC1CNC1)CC1CCCCO1. The second kappa shape index (κ2) is 5.24. The third-order valence-corrected chi connectivity index (χ3v) is 4.52. The van der Waals surface area contributed by atoms with Crippen LogP contribution in [0.3, 0.4) is 0 Å². The molecule has 0 radical (unpaired) electrons. The van der Waals surface area contributed by atoms with Crippen LogP contribution in [0.5, 0.6) is 0 Å². The molecular weight excluding hydrogens is 198 g/mol. The van der Waals surface area contributed by atoms with E-state index in [-0.39, 0.29) is 6.10 Å². The summed E-state index contributed by atoms with van der Waals surface area (Å²) < 4.78 is 17.3. The van der Waals surface area contributed by atoms with Crippen LogP contribution in [0.25, 0.3) is 0 Å². The first-order valence-electron chi connectivity index (χ1n) is 5.52. The standard InChI is InChI=1S/C10H19NO2S/c12-14(7-9-5-11-6-9)8-10-3-1-2-4-13-10/h9-11H,1-8H2. The van der Waals surface area contributed by atoms with Gasteiger partial charge in [0.2, 0.25) is 0 Å². The average Bonchev–Trinajstić information content (AvgIpc) is 2.13. The molecule has 14 heavy (non-hydrogen) atoms. The summed E-state index contributed by atoms with van der Waals surface area (Å²) in [5.41, 5.74) is 0. The smallest absolute Gasteiger partial charge is 0.0690 e. The van der Waals surface area contributed by atoms with Crippen LogP contribution in [0, 0.1) is 5.92 Å². The van der Waals surface area contributed by atoms with Gasteiger partial charge in [-0.1, -0.05) is 0 Å². The summed E-state index contributed by atoms with van der Waals surface area (Å²) in [6.07, 6.45) is 3.80. The van der Waals surface area contributed by atoms with Gasteiger partial charge in [-0.25, -0.2) is 0 Å². The van der Waals surface area contributed by atoms with E-state index in [1.54, 1.807) is 0 Å². The van der Waals surface area contributed by atoms with Gasteiger partial charge in [0.15, 0.2) is 0 Å². The monoisotopic (exact) mass is 217 g/mol. The van der Waals surface area contributed by atoms with E-state index in [0.717, 1.165) is 37.6 Å². The Bertz CT molecular complexity index is 200. The van der Waals surface area contributed by atoms with Gasteiger partial charge in [-0.05, 0) is 25.2 Å². The minimum absolute atomic E-state index is 0.276. The number of nitrogens with one attached hydrogen (secondary N) is 1. The highest BCUT2D eigenvalue weighted by Crippen LogP contribution is 2.15. The van der Waals surface area contributed by atoms with Gasteiger partial charge >= 0.3 is 0 Å². The lowest BCUT2D eigenvalue weighted by Gasteiger charge is -2.28. The highest BCUT2D eigenvalue weighted by atomic mass is 32.2. The van der Waals surface area contributed by atoms with Crippen molar-refractivity contribution in [2.24, 2.45) is 5.92 Å². The van der Waals surface area contributed by atoms with Crippen molar-refractivity contribution in [3.8, 4) is 0 Å². The van der Waals surface area contributed by atoms with Gasteiger partial charge in [0, 0.05) is 42.0 Å². The van der Waals surface area contributed by atoms with E-state index in [1.165, 1.54) is 12.8 Å². The van der Waals surface area contributed by atoms with Gasteiger partial charge in [0.25, 0.3) is 0 Å². The van der Waals surface area contributed by atoms with Crippen molar-refractivity contribution in [2.75, 3.05) is 31.2 Å². The quantitative estimate of drug-likeness (QED) is 0.746. The molecule has 0 spiro atoms. The summed E-state index contributed by atoms with van der Waals surface area (Å²) in [5, 5.41) is 3.20. The molecule has 2 fully saturated rings. The predicted molar refractivity (Wildman–Crippen MR) is 57.8 cm³/mol. The number of hydrogen-bond donors (Lipinski definition) is 1. The lowest BCUT2D eigenvalue weighted by atomic mass is 10.1. The first-order chi connectivity index (χ1) is 6.84. The summed E-state index contributed by atoms with van der Waals surface area (Å²) in [4.78, 5) is 0. The minimum atomic E-state index is -0.661. The predicted octanol–water partition coefficient (Wildman–Crippen LogP) is 0.524. The summed E-state index contributed by atoms with van der Waals surface area (Å²) in [5.74, 6) is 2.28. The lowest BCUT2D eigenvalue weighted by molar-refractivity contribution is 0.0310. The zero-order valence-corrected chi connectivity index (χ0v) is 9.35. The Morgan fingerprint density at radius 1 is 1.29 bits per heavy atom. The molecule has 1 N–H and O–H groups in total.